The van der Waals surface area contributed by atoms with Crippen LogP contribution in [0.2, 0.25) is 0 Å². The molecule has 19 heavy (non-hydrogen) atoms. The second-order valence-electron chi connectivity index (χ2n) is 5.35. The first-order valence-electron chi connectivity index (χ1n) is 6.65. The lowest BCUT2D eigenvalue weighted by Gasteiger charge is -2.23. The smallest absolute Gasteiger partial charge is 0.0991 e. The minimum Gasteiger partial charge on any atom is -0.379 e. The molecule has 0 bridgehead atoms. The van der Waals surface area contributed by atoms with Gasteiger partial charge in [-0.3, -0.25) is 0 Å². The zero-order valence-corrected chi connectivity index (χ0v) is 11.2. The lowest BCUT2D eigenvalue weighted by molar-refractivity contribution is 0.171. The molecule has 1 saturated heterocycles. The van der Waals surface area contributed by atoms with E-state index in [0.717, 1.165) is 31.9 Å². The van der Waals surface area contributed by atoms with Gasteiger partial charge in [-0.25, -0.2) is 4.98 Å². The minimum atomic E-state index is 0.128. The third kappa shape index (κ3) is 2.85. The first-order chi connectivity index (χ1) is 9.25. The number of rotatable bonds is 4. The third-order valence-electron chi connectivity index (χ3n) is 3.68. The van der Waals surface area contributed by atoms with Gasteiger partial charge >= 0.3 is 0 Å². The van der Waals surface area contributed by atoms with Gasteiger partial charge < -0.3 is 14.6 Å². The van der Waals surface area contributed by atoms with Crippen LogP contribution in [-0.2, 0) is 11.3 Å². The van der Waals surface area contributed by atoms with Gasteiger partial charge in [0.15, 0.2) is 0 Å². The van der Waals surface area contributed by atoms with Crippen molar-refractivity contribution in [2.75, 3.05) is 13.2 Å². The maximum Gasteiger partial charge on any atom is 0.0991 e. The molecule has 1 fully saturated rings. The van der Waals surface area contributed by atoms with E-state index >= 15 is 0 Å². The van der Waals surface area contributed by atoms with Crippen LogP contribution in [0.3, 0.4) is 0 Å². The lowest BCUT2D eigenvalue weighted by atomic mass is 10.0. The Morgan fingerprint density at radius 2 is 2.21 bits per heavy atom. The quantitative estimate of drug-likeness (QED) is 0.912. The summed E-state index contributed by atoms with van der Waals surface area (Å²) in [6, 6.07) is 8.54. The lowest BCUT2D eigenvalue weighted by Crippen LogP contribution is -2.42. The number of hydrogen-bond donors (Lipinski definition) is 1. The molecule has 0 spiro atoms. The molecule has 2 aromatic rings. The van der Waals surface area contributed by atoms with Gasteiger partial charge in [-0.15, -0.1) is 0 Å². The maximum atomic E-state index is 5.44. The second kappa shape index (κ2) is 5.15. The molecule has 1 unspecified atom stereocenters. The molecular weight excluding hydrogens is 238 g/mol. The standard InChI is InChI=1S/C15H19N3O/c1-15(6-9-19-11-15)17-10-13-2-4-14(5-3-13)18-8-7-16-12-18/h2-5,7-8,12,17H,6,9-11H2,1H3. The molecule has 1 aromatic heterocycles. The molecule has 0 saturated carbocycles. The van der Waals surface area contributed by atoms with Crippen molar-refractivity contribution in [3.8, 4) is 5.69 Å². The number of nitrogens with zero attached hydrogens (tertiary/aromatic N) is 2. The Labute approximate surface area is 113 Å². The Bertz CT molecular complexity index is 513. The van der Waals surface area contributed by atoms with Crippen LogP contribution in [0.15, 0.2) is 43.0 Å². The summed E-state index contributed by atoms with van der Waals surface area (Å²) in [6.07, 6.45) is 6.63. The Kier molecular flexibility index (Phi) is 3.36. The van der Waals surface area contributed by atoms with E-state index in [9.17, 15) is 0 Å². The van der Waals surface area contributed by atoms with Crippen molar-refractivity contribution in [1.29, 1.82) is 0 Å². The number of aromatic nitrogens is 2. The molecule has 4 nitrogen and oxygen atoms in total. The molecule has 0 aliphatic carbocycles. The minimum absolute atomic E-state index is 0.128. The average molecular weight is 257 g/mol. The van der Waals surface area contributed by atoms with Crippen molar-refractivity contribution in [1.82, 2.24) is 14.9 Å². The van der Waals surface area contributed by atoms with E-state index in [1.807, 2.05) is 17.1 Å². The topological polar surface area (TPSA) is 39.1 Å². The predicted molar refractivity (Wildman–Crippen MR) is 74.2 cm³/mol. The fourth-order valence-corrected chi connectivity index (χ4v) is 2.32. The average Bonchev–Trinajstić information content (AvgIpc) is 3.09. The maximum absolute atomic E-state index is 5.44. The van der Waals surface area contributed by atoms with Crippen LogP contribution >= 0.6 is 0 Å². The molecule has 1 aliphatic rings. The fraction of sp³-hybridized carbons (Fsp3) is 0.400. The van der Waals surface area contributed by atoms with Gasteiger partial charge in [0.1, 0.15) is 0 Å². The highest BCUT2D eigenvalue weighted by molar-refractivity contribution is 5.34. The van der Waals surface area contributed by atoms with Gasteiger partial charge in [0.25, 0.3) is 0 Å². The Morgan fingerprint density at radius 1 is 1.37 bits per heavy atom. The number of nitrogens with one attached hydrogen (secondary N) is 1. The van der Waals surface area contributed by atoms with Crippen molar-refractivity contribution in [3.05, 3.63) is 48.5 Å². The summed E-state index contributed by atoms with van der Waals surface area (Å²) in [5, 5.41) is 3.58. The Hall–Kier alpha value is -1.65. The van der Waals surface area contributed by atoms with Crippen LogP contribution in [0.25, 0.3) is 5.69 Å². The zero-order chi connectivity index (χ0) is 13.1. The van der Waals surface area contributed by atoms with Gasteiger partial charge in [-0.05, 0) is 31.0 Å². The van der Waals surface area contributed by atoms with E-state index < -0.39 is 0 Å². The molecule has 3 rings (SSSR count). The highest BCUT2D eigenvalue weighted by Crippen LogP contribution is 2.18. The number of ether oxygens (including phenoxy) is 1. The normalized spacial score (nSPS) is 22.8. The summed E-state index contributed by atoms with van der Waals surface area (Å²) in [5.74, 6) is 0. The van der Waals surface area contributed by atoms with E-state index in [1.165, 1.54) is 5.56 Å². The molecule has 1 aromatic carbocycles. The summed E-state index contributed by atoms with van der Waals surface area (Å²) in [4.78, 5) is 4.06. The fourth-order valence-electron chi connectivity index (χ4n) is 2.32. The summed E-state index contributed by atoms with van der Waals surface area (Å²) in [5.41, 5.74) is 2.55. The van der Waals surface area contributed by atoms with Crippen molar-refractivity contribution >= 4 is 0 Å². The molecule has 100 valence electrons. The molecule has 1 aliphatic heterocycles. The van der Waals surface area contributed by atoms with Gasteiger partial charge in [0.05, 0.1) is 12.9 Å². The van der Waals surface area contributed by atoms with Gasteiger partial charge in [-0.1, -0.05) is 12.1 Å². The van der Waals surface area contributed by atoms with Crippen LogP contribution in [0.1, 0.15) is 18.9 Å². The number of hydrogen-bond acceptors (Lipinski definition) is 3. The zero-order valence-electron chi connectivity index (χ0n) is 11.2. The first-order valence-corrected chi connectivity index (χ1v) is 6.65. The van der Waals surface area contributed by atoms with Crippen LogP contribution in [-0.4, -0.2) is 28.3 Å². The molecule has 0 amide bonds. The Balaban J connectivity index is 1.63. The third-order valence-corrected chi connectivity index (χ3v) is 3.68. The van der Waals surface area contributed by atoms with Crippen LogP contribution in [0.4, 0.5) is 0 Å². The van der Waals surface area contributed by atoms with Crippen LogP contribution < -0.4 is 5.32 Å². The van der Waals surface area contributed by atoms with Gasteiger partial charge in [-0.2, -0.15) is 0 Å². The summed E-state index contributed by atoms with van der Waals surface area (Å²) in [6.45, 7) is 4.77. The van der Waals surface area contributed by atoms with Crippen molar-refractivity contribution in [3.63, 3.8) is 0 Å². The van der Waals surface area contributed by atoms with Crippen molar-refractivity contribution in [2.24, 2.45) is 0 Å². The number of benzene rings is 1. The van der Waals surface area contributed by atoms with Crippen molar-refractivity contribution in [2.45, 2.75) is 25.4 Å². The SMILES string of the molecule is CC1(NCc2ccc(-n3ccnc3)cc2)CCOC1. The highest BCUT2D eigenvalue weighted by atomic mass is 16.5. The van der Waals surface area contributed by atoms with E-state index in [4.69, 9.17) is 4.74 Å². The molecule has 1 atom stereocenters. The largest absolute Gasteiger partial charge is 0.379 e. The monoisotopic (exact) mass is 257 g/mol. The summed E-state index contributed by atoms with van der Waals surface area (Å²) in [7, 11) is 0. The molecule has 0 radical (unpaired) electrons. The van der Waals surface area contributed by atoms with E-state index in [2.05, 4.69) is 41.5 Å². The van der Waals surface area contributed by atoms with Crippen molar-refractivity contribution < 1.29 is 4.74 Å². The Morgan fingerprint density at radius 3 is 2.84 bits per heavy atom. The van der Waals surface area contributed by atoms with Crippen LogP contribution in [0.5, 0.6) is 0 Å². The molecule has 2 heterocycles. The molecule has 4 heteroatoms. The van der Waals surface area contributed by atoms with E-state index in [1.54, 1.807) is 6.20 Å². The van der Waals surface area contributed by atoms with Crippen LogP contribution in [0, 0.1) is 0 Å². The first kappa shape index (κ1) is 12.4. The van der Waals surface area contributed by atoms with Gasteiger partial charge in [0.2, 0.25) is 0 Å². The molecule has 1 N–H and O–H groups in total. The van der Waals surface area contributed by atoms with E-state index in [-0.39, 0.29) is 5.54 Å². The molecular formula is C15H19N3O. The predicted octanol–water partition coefficient (Wildman–Crippen LogP) is 2.14. The van der Waals surface area contributed by atoms with E-state index in [0.29, 0.717) is 0 Å². The van der Waals surface area contributed by atoms with Gasteiger partial charge in [0, 0.05) is 36.8 Å². The second-order valence-corrected chi connectivity index (χ2v) is 5.35. The highest BCUT2D eigenvalue weighted by Gasteiger charge is 2.28. The summed E-state index contributed by atoms with van der Waals surface area (Å²) >= 11 is 0. The number of imidazole rings is 1. The summed E-state index contributed by atoms with van der Waals surface area (Å²) < 4.78 is 7.45.